The van der Waals surface area contributed by atoms with Gasteiger partial charge in [0.1, 0.15) is 11.5 Å². The highest BCUT2D eigenvalue weighted by Gasteiger charge is 1.97. The molecular weight excluding hydrogens is 262 g/mol. The van der Waals surface area contributed by atoms with Gasteiger partial charge >= 0.3 is 0 Å². The van der Waals surface area contributed by atoms with E-state index in [-0.39, 0.29) is 0 Å². The van der Waals surface area contributed by atoms with E-state index in [0.717, 1.165) is 37.6 Å². The maximum absolute atomic E-state index is 5.57. The molecule has 0 aliphatic rings. The molecule has 2 aromatic carbocycles. The largest absolute Gasteiger partial charge is 0.497 e. The molecule has 1 N–H and O–H groups in total. The lowest BCUT2D eigenvalue weighted by Gasteiger charge is -2.08. The zero-order valence-corrected chi connectivity index (χ0v) is 12.8. The summed E-state index contributed by atoms with van der Waals surface area (Å²) in [6.45, 7) is 4.57. The molecule has 0 amide bonds. The van der Waals surface area contributed by atoms with Crippen LogP contribution in [0.5, 0.6) is 11.5 Å². The van der Waals surface area contributed by atoms with Gasteiger partial charge in [0.25, 0.3) is 0 Å². The lowest BCUT2D eigenvalue weighted by atomic mass is 10.2. The standard InChI is InChI=1S/C18H23NO2/c1-3-12-21-18-10-6-16(7-11-18)14-19-13-15-4-8-17(20-2)9-5-15/h4-11,19H,3,12-14H2,1-2H3. The van der Waals surface area contributed by atoms with Gasteiger partial charge in [-0.05, 0) is 41.8 Å². The van der Waals surface area contributed by atoms with Gasteiger partial charge in [0.15, 0.2) is 0 Å². The molecule has 2 aromatic rings. The molecule has 0 radical (unpaired) electrons. The van der Waals surface area contributed by atoms with Crippen molar-refractivity contribution in [3.63, 3.8) is 0 Å². The average molecular weight is 285 g/mol. The average Bonchev–Trinajstić information content (AvgIpc) is 2.55. The molecule has 2 rings (SSSR count). The summed E-state index contributed by atoms with van der Waals surface area (Å²) in [5.41, 5.74) is 2.51. The molecule has 3 heteroatoms. The van der Waals surface area contributed by atoms with Crippen molar-refractivity contribution < 1.29 is 9.47 Å². The summed E-state index contributed by atoms with van der Waals surface area (Å²) >= 11 is 0. The van der Waals surface area contributed by atoms with Crippen molar-refractivity contribution in [1.82, 2.24) is 5.32 Å². The maximum atomic E-state index is 5.57. The molecule has 0 saturated heterocycles. The third kappa shape index (κ3) is 5.12. The fraction of sp³-hybridized carbons (Fsp3) is 0.333. The van der Waals surface area contributed by atoms with Crippen LogP contribution in [0.15, 0.2) is 48.5 Å². The summed E-state index contributed by atoms with van der Waals surface area (Å²) in [4.78, 5) is 0. The number of hydrogen-bond acceptors (Lipinski definition) is 3. The van der Waals surface area contributed by atoms with Gasteiger partial charge in [0.2, 0.25) is 0 Å². The Labute approximate surface area is 126 Å². The second kappa shape index (κ2) is 8.32. The fourth-order valence-electron chi connectivity index (χ4n) is 2.02. The van der Waals surface area contributed by atoms with Crippen LogP contribution in [0.1, 0.15) is 24.5 Å². The van der Waals surface area contributed by atoms with Gasteiger partial charge in [-0.3, -0.25) is 0 Å². The van der Waals surface area contributed by atoms with E-state index in [1.807, 2.05) is 24.3 Å². The minimum absolute atomic E-state index is 0.773. The van der Waals surface area contributed by atoms with Crippen LogP contribution in [-0.4, -0.2) is 13.7 Å². The molecule has 112 valence electrons. The van der Waals surface area contributed by atoms with E-state index in [4.69, 9.17) is 9.47 Å². The third-order valence-electron chi connectivity index (χ3n) is 3.21. The first-order chi connectivity index (χ1) is 10.3. The molecule has 0 heterocycles. The lowest BCUT2D eigenvalue weighted by molar-refractivity contribution is 0.317. The first kappa shape index (κ1) is 15.4. The lowest BCUT2D eigenvalue weighted by Crippen LogP contribution is -2.12. The summed E-state index contributed by atoms with van der Waals surface area (Å²) in [5, 5.41) is 3.44. The topological polar surface area (TPSA) is 30.5 Å². The Bertz CT molecular complexity index is 520. The van der Waals surface area contributed by atoms with E-state index in [9.17, 15) is 0 Å². The molecule has 0 unspecified atom stereocenters. The quantitative estimate of drug-likeness (QED) is 0.801. The predicted molar refractivity (Wildman–Crippen MR) is 85.8 cm³/mol. The molecule has 0 aromatic heterocycles. The van der Waals surface area contributed by atoms with Gasteiger partial charge in [-0.1, -0.05) is 31.2 Å². The van der Waals surface area contributed by atoms with Crippen LogP contribution in [0.25, 0.3) is 0 Å². The zero-order valence-electron chi connectivity index (χ0n) is 12.8. The van der Waals surface area contributed by atoms with Crippen molar-refractivity contribution in [3.05, 3.63) is 59.7 Å². The second-order valence-electron chi connectivity index (χ2n) is 4.94. The second-order valence-corrected chi connectivity index (χ2v) is 4.94. The van der Waals surface area contributed by atoms with E-state index in [0.29, 0.717) is 0 Å². The highest BCUT2D eigenvalue weighted by molar-refractivity contribution is 5.28. The smallest absolute Gasteiger partial charge is 0.119 e. The van der Waals surface area contributed by atoms with Crippen LogP contribution >= 0.6 is 0 Å². The van der Waals surface area contributed by atoms with Gasteiger partial charge in [-0.25, -0.2) is 0 Å². The molecule has 0 saturated carbocycles. The Morgan fingerprint density at radius 3 is 1.81 bits per heavy atom. The minimum atomic E-state index is 0.773. The highest BCUT2D eigenvalue weighted by Crippen LogP contribution is 2.13. The van der Waals surface area contributed by atoms with Crippen molar-refractivity contribution in [3.8, 4) is 11.5 Å². The molecule has 0 atom stereocenters. The van der Waals surface area contributed by atoms with Crippen LogP contribution in [0.4, 0.5) is 0 Å². The number of rotatable bonds is 8. The first-order valence-corrected chi connectivity index (χ1v) is 7.37. The normalized spacial score (nSPS) is 10.4. The molecule has 3 nitrogen and oxygen atoms in total. The molecule has 0 aliphatic carbocycles. The Hall–Kier alpha value is -2.00. The summed E-state index contributed by atoms with van der Waals surface area (Å²) < 4.78 is 10.7. The monoisotopic (exact) mass is 285 g/mol. The van der Waals surface area contributed by atoms with E-state index in [1.165, 1.54) is 11.1 Å². The maximum Gasteiger partial charge on any atom is 0.119 e. The Morgan fingerprint density at radius 1 is 0.810 bits per heavy atom. The van der Waals surface area contributed by atoms with Gasteiger partial charge in [-0.15, -0.1) is 0 Å². The van der Waals surface area contributed by atoms with E-state index < -0.39 is 0 Å². The summed E-state index contributed by atoms with van der Waals surface area (Å²) in [7, 11) is 1.68. The van der Waals surface area contributed by atoms with Crippen LogP contribution < -0.4 is 14.8 Å². The van der Waals surface area contributed by atoms with Crippen molar-refractivity contribution >= 4 is 0 Å². The van der Waals surface area contributed by atoms with Crippen molar-refractivity contribution in [1.29, 1.82) is 0 Å². The van der Waals surface area contributed by atoms with E-state index in [2.05, 4.69) is 36.5 Å². The fourth-order valence-corrected chi connectivity index (χ4v) is 2.02. The number of benzene rings is 2. The Balaban J connectivity index is 1.77. The Kier molecular flexibility index (Phi) is 6.10. The molecular formula is C18H23NO2. The van der Waals surface area contributed by atoms with Crippen LogP contribution in [0.3, 0.4) is 0 Å². The third-order valence-corrected chi connectivity index (χ3v) is 3.21. The molecule has 0 fully saturated rings. The zero-order chi connectivity index (χ0) is 14.9. The SMILES string of the molecule is CCCOc1ccc(CNCc2ccc(OC)cc2)cc1. The molecule has 0 bridgehead atoms. The van der Waals surface area contributed by atoms with Gasteiger partial charge in [-0.2, -0.15) is 0 Å². The number of methoxy groups -OCH3 is 1. The summed E-state index contributed by atoms with van der Waals surface area (Å²) in [6.07, 6.45) is 1.03. The minimum Gasteiger partial charge on any atom is -0.497 e. The first-order valence-electron chi connectivity index (χ1n) is 7.37. The number of hydrogen-bond donors (Lipinski definition) is 1. The van der Waals surface area contributed by atoms with Crippen molar-refractivity contribution in [2.24, 2.45) is 0 Å². The molecule has 0 spiro atoms. The van der Waals surface area contributed by atoms with Crippen LogP contribution in [0, 0.1) is 0 Å². The predicted octanol–water partition coefficient (Wildman–Crippen LogP) is 3.77. The summed E-state index contributed by atoms with van der Waals surface area (Å²) in [5.74, 6) is 1.83. The van der Waals surface area contributed by atoms with Crippen molar-refractivity contribution in [2.75, 3.05) is 13.7 Å². The van der Waals surface area contributed by atoms with E-state index >= 15 is 0 Å². The molecule has 21 heavy (non-hydrogen) atoms. The Morgan fingerprint density at radius 2 is 1.33 bits per heavy atom. The van der Waals surface area contributed by atoms with Crippen molar-refractivity contribution in [2.45, 2.75) is 26.4 Å². The van der Waals surface area contributed by atoms with Gasteiger partial charge < -0.3 is 14.8 Å². The molecule has 0 aliphatic heterocycles. The highest BCUT2D eigenvalue weighted by atomic mass is 16.5. The van der Waals surface area contributed by atoms with Crippen LogP contribution in [-0.2, 0) is 13.1 Å². The van der Waals surface area contributed by atoms with Gasteiger partial charge in [0, 0.05) is 13.1 Å². The number of ether oxygens (including phenoxy) is 2. The number of nitrogens with one attached hydrogen (secondary N) is 1. The van der Waals surface area contributed by atoms with E-state index in [1.54, 1.807) is 7.11 Å². The van der Waals surface area contributed by atoms with Gasteiger partial charge in [0.05, 0.1) is 13.7 Å². The summed E-state index contributed by atoms with van der Waals surface area (Å²) in [6, 6.07) is 16.4. The van der Waals surface area contributed by atoms with Crippen LogP contribution in [0.2, 0.25) is 0 Å².